The van der Waals surface area contributed by atoms with Crippen molar-refractivity contribution in [2.75, 3.05) is 26.7 Å². The molecule has 0 aromatic rings. The van der Waals surface area contributed by atoms with Gasteiger partial charge in [-0.05, 0) is 33.4 Å². The van der Waals surface area contributed by atoms with Crippen LogP contribution < -0.4 is 0 Å². The van der Waals surface area contributed by atoms with Gasteiger partial charge in [-0.15, -0.1) is 0 Å². The van der Waals surface area contributed by atoms with Crippen molar-refractivity contribution in [2.24, 2.45) is 0 Å². The van der Waals surface area contributed by atoms with Crippen LogP contribution in [0.4, 0.5) is 8.78 Å². The van der Waals surface area contributed by atoms with Gasteiger partial charge in [-0.1, -0.05) is 6.42 Å². The summed E-state index contributed by atoms with van der Waals surface area (Å²) in [5.41, 5.74) is 0. The number of hydrogen-bond donors (Lipinski definition) is 0. The first-order valence-electron chi connectivity index (χ1n) is 5.68. The largest absolute Gasteiger partial charge is 0.466 e. The van der Waals surface area contributed by atoms with Crippen molar-refractivity contribution in [1.82, 2.24) is 4.90 Å². The Hall–Kier alpha value is -0.710. The van der Waals surface area contributed by atoms with Crippen molar-refractivity contribution in [3.8, 4) is 0 Å². The molecule has 0 aromatic heterocycles. The molecule has 0 aliphatic carbocycles. The fraction of sp³-hybridized carbons (Fsp3) is 0.909. The molecule has 0 fully saturated rings. The lowest BCUT2D eigenvalue weighted by Crippen LogP contribution is -2.25. The Morgan fingerprint density at radius 3 is 2.56 bits per heavy atom. The van der Waals surface area contributed by atoms with Gasteiger partial charge >= 0.3 is 5.97 Å². The summed E-state index contributed by atoms with van der Waals surface area (Å²) in [4.78, 5) is 12.6. The highest BCUT2D eigenvalue weighted by molar-refractivity contribution is 5.69. The van der Waals surface area contributed by atoms with Crippen molar-refractivity contribution in [1.29, 1.82) is 0 Å². The van der Waals surface area contributed by atoms with Crippen molar-refractivity contribution in [3.05, 3.63) is 0 Å². The van der Waals surface area contributed by atoms with E-state index in [2.05, 4.69) is 0 Å². The van der Waals surface area contributed by atoms with E-state index in [-0.39, 0.29) is 12.5 Å². The fourth-order valence-corrected chi connectivity index (χ4v) is 1.39. The van der Waals surface area contributed by atoms with E-state index < -0.39 is 6.43 Å². The normalized spacial score (nSPS) is 11.1. The van der Waals surface area contributed by atoms with E-state index in [0.29, 0.717) is 19.6 Å². The summed E-state index contributed by atoms with van der Waals surface area (Å²) in [6, 6.07) is 0. The Labute approximate surface area is 95.8 Å². The number of carbonyl (C=O) groups is 1. The first-order valence-corrected chi connectivity index (χ1v) is 5.68. The Bertz CT molecular complexity index is 189. The van der Waals surface area contributed by atoms with Crippen molar-refractivity contribution < 1.29 is 18.3 Å². The minimum absolute atomic E-state index is 0.177. The zero-order valence-electron chi connectivity index (χ0n) is 10.0. The van der Waals surface area contributed by atoms with Crippen LogP contribution in [0.5, 0.6) is 0 Å². The van der Waals surface area contributed by atoms with Crippen LogP contribution in [0, 0.1) is 0 Å². The summed E-state index contributed by atoms with van der Waals surface area (Å²) < 4.78 is 28.7. The van der Waals surface area contributed by atoms with Crippen molar-refractivity contribution in [2.45, 2.75) is 39.0 Å². The summed E-state index contributed by atoms with van der Waals surface area (Å²) in [5, 5.41) is 0. The molecule has 0 aromatic carbocycles. The second-order valence-electron chi connectivity index (χ2n) is 3.77. The summed E-state index contributed by atoms with van der Waals surface area (Å²) in [5.74, 6) is -0.177. The third kappa shape index (κ3) is 9.83. The molecule has 0 aliphatic heterocycles. The van der Waals surface area contributed by atoms with Gasteiger partial charge in [-0.3, -0.25) is 4.79 Å². The maximum atomic E-state index is 11.9. The Balaban J connectivity index is 3.29. The molecule has 0 radical (unpaired) electrons. The first-order chi connectivity index (χ1) is 7.56. The third-order valence-electron chi connectivity index (χ3n) is 2.18. The number of carbonyl (C=O) groups excluding carboxylic acids is 1. The van der Waals surface area contributed by atoms with Gasteiger partial charge < -0.3 is 9.64 Å². The SMILES string of the molecule is CCOC(=O)CCCCCN(C)CC(F)F. The lowest BCUT2D eigenvalue weighted by atomic mass is 10.2. The van der Waals surface area contributed by atoms with E-state index in [0.717, 1.165) is 19.3 Å². The summed E-state index contributed by atoms with van der Waals surface area (Å²) in [6.45, 7) is 2.65. The van der Waals surface area contributed by atoms with E-state index in [4.69, 9.17) is 4.74 Å². The molecular weight excluding hydrogens is 216 g/mol. The quantitative estimate of drug-likeness (QED) is 0.455. The lowest BCUT2D eigenvalue weighted by molar-refractivity contribution is -0.143. The predicted octanol–water partition coefficient (Wildman–Crippen LogP) is 2.31. The van der Waals surface area contributed by atoms with Crippen LogP contribution in [-0.4, -0.2) is 44.0 Å². The van der Waals surface area contributed by atoms with Crippen LogP contribution >= 0.6 is 0 Å². The summed E-state index contributed by atoms with van der Waals surface area (Å²) in [6.07, 6.45) is 0.618. The standard InChI is InChI=1S/C11H21F2NO2/c1-3-16-11(15)7-5-4-6-8-14(2)9-10(12)13/h10H,3-9H2,1-2H3. The molecule has 0 spiro atoms. The predicted molar refractivity (Wildman–Crippen MR) is 58.6 cm³/mol. The fourth-order valence-electron chi connectivity index (χ4n) is 1.39. The molecule has 0 bridgehead atoms. The molecule has 0 rings (SSSR count). The molecule has 96 valence electrons. The molecule has 0 atom stereocenters. The number of unbranched alkanes of at least 4 members (excludes halogenated alkanes) is 2. The average molecular weight is 237 g/mol. The van der Waals surface area contributed by atoms with Gasteiger partial charge in [-0.2, -0.15) is 0 Å². The van der Waals surface area contributed by atoms with Gasteiger partial charge in [0.25, 0.3) is 6.43 Å². The molecule has 0 saturated heterocycles. The zero-order valence-corrected chi connectivity index (χ0v) is 10.0. The molecule has 5 heteroatoms. The number of ether oxygens (including phenoxy) is 1. The van der Waals surface area contributed by atoms with E-state index in [9.17, 15) is 13.6 Å². The second-order valence-corrected chi connectivity index (χ2v) is 3.77. The molecule has 3 nitrogen and oxygen atoms in total. The number of alkyl halides is 2. The monoisotopic (exact) mass is 237 g/mol. The molecular formula is C11H21F2NO2. The van der Waals surface area contributed by atoms with Crippen LogP contribution in [0.25, 0.3) is 0 Å². The minimum atomic E-state index is -2.27. The van der Waals surface area contributed by atoms with Gasteiger partial charge in [0.1, 0.15) is 0 Å². The topological polar surface area (TPSA) is 29.5 Å². The van der Waals surface area contributed by atoms with Gasteiger partial charge in [0.05, 0.1) is 13.2 Å². The molecule has 0 unspecified atom stereocenters. The number of nitrogens with zero attached hydrogens (tertiary/aromatic N) is 1. The van der Waals surface area contributed by atoms with E-state index in [1.807, 2.05) is 0 Å². The van der Waals surface area contributed by atoms with Gasteiger partial charge in [-0.25, -0.2) is 8.78 Å². The summed E-state index contributed by atoms with van der Waals surface area (Å²) in [7, 11) is 1.68. The number of hydrogen-bond acceptors (Lipinski definition) is 3. The van der Waals surface area contributed by atoms with E-state index in [1.54, 1.807) is 18.9 Å². The molecule has 0 aliphatic rings. The van der Waals surface area contributed by atoms with Gasteiger partial charge in [0.15, 0.2) is 0 Å². The van der Waals surface area contributed by atoms with Crippen molar-refractivity contribution >= 4 is 5.97 Å². The zero-order chi connectivity index (χ0) is 12.4. The molecule has 0 amide bonds. The second kappa shape index (κ2) is 9.51. The van der Waals surface area contributed by atoms with Crippen LogP contribution in [0.3, 0.4) is 0 Å². The minimum Gasteiger partial charge on any atom is -0.466 e. The highest BCUT2D eigenvalue weighted by Gasteiger charge is 2.07. The number of esters is 1. The molecule has 0 heterocycles. The van der Waals surface area contributed by atoms with Crippen LogP contribution in [-0.2, 0) is 9.53 Å². The Kier molecular flexibility index (Phi) is 9.09. The van der Waals surface area contributed by atoms with Gasteiger partial charge in [0.2, 0.25) is 0 Å². The lowest BCUT2D eigenvalue weighted by Gasteiger charge is -2.15. The van der Waals surface area contributed by atoms with Crippen LogP contribution in [0.15, 0.2) is 0 Å². The highest BCUT2D eigenvalue weighted by Crippen LogP contribution is 2.03. The maximum absolute atomic E-state index is 11.9. The first kappa shape index (κ1) is 15.3. The Morgan fingerprint density at radius 2 is 2.00 bits per heavy atom. The van der Waals surface area contributed by atoms with Gasteiger partial charge in [0, 0.05) is 6.42 Å². The molecule has 16 heavy (non-hydrogen) atoms. The van der Waals surface area contributed by atoms with Crippen LogP contribution in [0.1, 0.15) is 32.6 Å². The summed E-state index contributed by atoms with van der Waals surface area (Å²) >= 11 is 0. The molecule has 0 N–H and O–H groups in total. The third-order valence-corrected chi connectivity index (χ3v) is 2.18. The molecule has 0 saturated carbocycles. The Morgan fingerprint density at radius 1 is 1.31 bits per heavy atom. The number of rotatable bonds is 9. The smallest absolute Gasteiger partial charge is 0.305 e. The van der Waals surface area contributed by atoms with E-state index >= 15 is 0 Å². The van der Waals surface area contributed by atoms with E-state index in [1.165, 1.54) is 0 Å². The average Bonchev–Trinajstić information content (AvgIpc) is 2.16. The van der Waals surface area contributed by atoms with Crippen molar-refractivity contribution in [3.63, 3.8) is 0 Å². The highest BCUT2D eigenvalue weighted by atomic mass is 19.3. The van der Waals surface area contributed by atoms with Crippen LogP contribution in [0.2, 0.25) is 0 Å². The number of halogens is 2. The maximum Gasteiger partial charge on any atom is 0.305 e.